The average Bonchev–Trinajstić information content (AvgIpc) is 2.85. The molecule has 0 saturated carbocycles. The minimum atomic E-state index is -2.20. The van der Waals surface area contributed by atoms with Crippen LogP contribution < -0.4 is 5.32 Å². The molecule has 3 rings (SSSR count). The molecule has 2 atom stereocenters. The Hall–Kier alpha value is -3.95. The number of rotatable bonds is 9. The fraction of sp³-hybridized carbons (Fsp3) is 0.125. The molecular weight excluding hydrogens is 499 g/mol. The van der Waals surface area contributed by atoms with Crippen molar-refractivity contribution in [2.75, 3.05) is 0 Å². The third-order valence-corrected chi connectivity index (χ3v) is 5.26. The molecule has 1 amide bonds. The molecule has 11 heteroatoms. The Kier molecular flexibility index (Phi) is 8.77. The highest BCUT2D eigenvalue weighted by atomic mass is 35.5. The van der Waals surface area contributed by atoms with E-state index in [0.29, 0.717) is 5.69 Å². The molecule has 3 aromatic rings. The van der Waals surface area contributed by atoms with Gasteiger partial charge < -0.3 is 19.9 Å². The Bertz CT molecular complexity index is 1240. The lowest BCUT2D eigenvalue weighted by molar-refractivity contribution is -0.159. The van der Waals surface area contributed by atoms with Crippen molar-refractivity contribution in [2.45, 2.75) is 18.8 Å². The number of hydrogen-bond acceptors (Lipinski definition) is 7. The van der Waals surface area contributed by atoms with Crippen LogP contribution in [0.15, 0.2) is 72.9 Å². The van der Waals surface area contributed by atoms with Crippen LogP contribution in [0.5, 0.6) is 0 Å². The van der Waals surface area contributed by atoms with Crippen LogP contribution in [0.3, 0.4) is 0 Å². The second kappa shape index (κ2) is 12.0. The molecule has 0 aliphatic heterocycles. The van der Waals surface area contributed by atoms with E-state index in [1.165, 1.54) is 42.6 Å². The van der Waals surface area contributed by atoms with Crippen LogP contribution in [0.2, 0.25) is 10.0 Å². The molecule has 0 aliphatic carbocycles. The maximum atomic E-state index is 13.0. The van der Waals surface area contributed by atoms with Crippen molar-refractivity contribution >= 4 is 47.0 Å². The number of carbonyl (C=O) groups excluding carboxylic acids is 3. The number of aliphatic carboxylic acids is 1. The van der Waals surface area contributed by atoms with Gasteiger partial charge in [-0.2, -0.15) is 0 Å². The van der Waals surface area contributed by atoms with E-state index < -0.39 is 36.0 Å². The summed E-state index contributed by atoms with van der Waals surface area (Å²) >= 11 is 12.0. The van der Waals surface area contributed by atoms with E-state index in [4.69, 9.17) is 32.7 Å². The van der Waals surface area contributed by atoms with Gasteiger partial charge in [0.25, 0.3) is 5.91 Å². The predicted octanol–water partition coefficient (Wildman–Crippen LogP) is 3.54. The number of carbonyl (C=O) groups is 4. The van der Waals surface area contributed by atoms with Crippen LogP contribution in [-0.2, 0) is 25.6 Å². The fourth-order valence-corrected chi connectivity index (χ4v) is 3.31. The molecule has 1 aromatic heterocycles. The quantitative estimate of drug-likeness (QED) is 0.412. The van der Waals surface area contributed by atoms with Gasteiger partial charge in [-0.1, -0.05) is 53.5 Å². The van der Waals surface area contributed by atoms with Crippen molar-refractivity contribution in [1.29, 1.82) is 0 Å². The Morgan fingerprint density at radius 2 is 1.31 bits per heavy atom. The van der Waals surface area contributed by atoms with Gasteiger partial charge in [0.2, 0.25) is 12.2 Å². The van der Waals surface area contributed by atoms with Crippen LogP contribution in [-0.4, -0.2) is 46.1 Å². The Morgan fingerprint density at radius 3 is 1.80 bits per heavy atom. The summed E-state index contributed by atoms with van der Waals surface area (Å²) in [7, 11) is 0. The molecule has 0 saturated heterocycles. The van der Waals surface area contributed by atoms with E-state index in [1.54, 1.807) is 30.3 Å². The van der Waals surface area contributed by atoms with Crippen LogP contribution in [0.25, 0.3) is 0 Å². The number of benzene rings is 2. The molecule has 9 nitrogen and oxygen atoms in total. The molecular formula is C24H18Cl2N2O7. The maximum absolute atomic E-state index is 13.0. The van der Waals surface area contributed by atoms with Crippen molar-refractivity contribution < 1.29 is 33.8 Å². The maximum Gasteiger partial charge on any atom is 0.349 e. The Morgan fingerprint density at radius 1 is 0.800 bits per heavy atom. The van der Waals surface area contributed by atoms with Gasteiger partial charge >= 0.3 is 17.9 Å². The number of ether oxygens (including phenoxy) is 2. The molecule has 0 aliphatic rings. The number of hydrogen-bond donors (Lipinski definition) is 2. The normalized spacial score (nSPS) is 12.2. The van der Waals surface area contributed by atoms with Gasteiger partial charge in [-0.15, -0.1) is 0 Å². The first-order valence-corrected chi connectivity index (χ1v) is 10.8. The van der Waals surface area contributed by atoms with Gasteiger partial charge in [0.15, 0.2) is 0 Å². The second-order valence-corrected chi connectivity index (χ2v) is 7.80. The molecule has 0 radical (unpaired) electrons. The Balaban J connectivity index is 1.88. The van der Waals surface area contributed by atoms with Crippen molar-refractivity contribution in [3.8, 4) is 0 Å². The Labute approximate surface area is 209 Å². The number of carboxylic acids is 1. The number of aromatic nitrogens is 1. The van der Waals surface area contributed by atoms with Gasteiger partial charge in [-0.05, 0) is 36.4 Å². The molecule has 35 heavy (non-hydrogen) atoms. The second-order valence-electron chi connectivity index (χ2n) is 6.99. The topological polar surface area (TPSA) is 132 Å². The van der Waals surface area contributed by atoms with Gasteiger partial charge in [0.1, 0.15) is 0 Å². The summed E-state index contributed by atoms with van der Waals surface area (Å²) in [6.45, 7) is -0.107. The number of nitrogens with one attached hydrogen (secondary N) is 1. The zero-order chi connectivity index (χ0) is 25.4. The van der Waals surface area contributed by atoms with Crippen molar-refractivity contribution in [2.24, 2.45) is 0 Å². The third-order valence-electron chi connectivity index (χ3n) is 4.60. The summed E-state index contributed by atoms with van der Waals surface area (Å²) in [6, 6.07) is 16.6. The van der Waals surface area contributed by atoms with Crippen LogP contribution in [0, 0.1) is 0 Å². The fourth-order valence-electron chi connectivity index (χ4n) is 2.89. The highest BCUT2D eigenvalue weighted by Crippen LogP contribution is 2.21. The largest absolute Gasteiger partial charge is 0.478 e. The van der Waals surface area contributed by atoms with Crippen LogP contribution in [0.4, 0.5) is 0 Å². The summed E-state index contributed by atoms with van der Waals surface area (Å²) in [4.78, 5) is 54.4. The number of esters is 2. The number of amides is 1. The predicted molar refractivity (Wildman–Crippen MR) is 125 cm³/mol. The van der Waals surface area contributed by atoms with E-state index in [2.05, 4.69) is 10.3 Å². The zero-order valence-electron chi connectivity index (χ0n) is 17.9. The van der Waals surface area contributed by atoms with Crippen molar-refractivity contribution in [1.82, 2.24) is 10.3 Å². The lowest BCUT2D eigenvalue weighted by Crippen LogP contribution is -2.50. The molecule has 0 bridgehead atoms. The molecule has 2 N–H and O–H groups in total. The molecule has 180 valence electrons. The molecule has 0 unspecified atom stereocenters. The highest BCUT2D eigenvalue weighted by molar-refractivity contribution is 6.34. The summed E-state index contributed by atoms with van der Waals surface area (Å²) in [5.41, 5.74) is 0.209. The zero-order valence-corrected chi connectivity index (χ0v) is 19.4. The summed E-state index contributed by atoms with van der Waals surface area (Å²) in [6.07, 6.45) is -2.76. The van der Waals surface area contributed by atoms with Crippen molar-refractivity contribution in [3.63, 3.8) is 0 Å². The highest BCUT2D eigenvalue weighted by Gasteiger charge is 2.41. The number of pyridine rings is 1. The van der Waals surface area contributed by atoms with Gasteiger partial charge in [-0.3, -0.25) is 9.78 Å². The monoisotopic (exact) mass is 516 g/mol. The number of carboxylic acid groups (broad SMARTS) is 1. The van der Waals surface area contributed by atoms with Gasteiger partial charge in [-0.25, -0.2) is 14.4 Å². The first-order chi connectivity index (χ1) is 16.8. The summed E-state index contributed by atoms with van der Waals surface area (Å²) < 4.78 is 10.3. The van der Waals surface area contributed by atoms with E-state index in [1.807, 2.05) is 0 Å². The molecule has 1 heterocycles. The summed E-state index contributed by atoms with van der Waals surface area (Å²) in [5, 5.41) is 12.2. The van der Waals surface area contributed by atoms with E-state index in [-0.39, 0.29) is 27.7 Å². The van der Waals surface area contributed by atoms with Gasteiger partial charge in [0.05, 0.1) is 33.4 Å². The molecule has 2 aromatic carbocycles. The van der Waals surface area contributed by atoms with E-state index in [9.17, 15) is 24.3 Å². The SMILES string of the molecule is O=C(O[C@H](C(=O)O)[C@@H](OC(=O)c1ccccc1Cl)C(=O)NCc1ccccn1)c1ccccc1Cl. The van der Waals surface area contributed by atoms with E-state index >= 15 is 0 Å². The molecule has 0 fully saturated rings. The standard InChI is InChI=1S/C24H18Cl2N2O7/c25-17-10-3-1-8-15(17)23(32)34-19(21(29)28-13-14-7-5-6-12-27-14)20(22(30)31)35-24(33)16-9-2-4-11-18(16)26/h1-12,19-20H,13H2,(H,28,29)(H,30,31)/t19-,20+/m1/s1. The van der Waals surface area contributed by atoms with Gasteiger partial charge in [0, 0.05) is 6.20 Å². The minimum Gasteiger partial charge on any atom is -0.478 e. The molecule has 0 spiro atoms. The first-order valence-electron chi connectivity index (χ1n) is 10.1. The average molecular weight is 517 g/mol. The van der Waals surface area contributed by atoms with Crippen LogP contribution in [0.1, 0.15) is 26.4 Å². The number of halogens is 2. The van der Waals surface area contributed by atoms with E-state index in [0.717, 1.165) is 0 Å². The summed E-state index contributed by atoms with van der Waals surface area (Å²) in [5.74, 6) is -4.97. The van der Waals surface area contributed by atoms with Crippen molar-refractivity contribution in [3.05, 3.63) is 99.8 Å². The first kappa shape index (κ1) is 25.7. The lowest BCUT2D eigenvalue weighted by Gasteiger charge is -2.23. The smallest absolute Gasteiger partial charge is 0.349 e. The third kappa shape index (κ3) is 6.78. The number of nitrogens with zero attached hydrogens (tertiary/aromatic N) is 1. The minimum absolute atomic E-state index is 0.00542. The lowest BCUT2D eigenvalue weighted by atomic mass is 10.1. The van der Waals surface area contributed by atoms with Crippen LogP contribution >= 0.6 is 23.2 Å².